The second kappa shape index (κ2) is 12.2. The first-order valence-corrected chi connectivity index (χ1v) is 13.7. The number of benzene rings is 2. The van der Waals surface area contributed by atoms with Crippen molar-refractivity contribution in [2.45, 2.75) is 39.0 Å². The third kappa shape index (κ3) is 6.46. The van der Waals surface area contributed by atoms with Crippen LogP contribution in [0.4, 0.5) is 0 Å². The molecule has 0 saturated carbocycles. The van der Waals surface area contributed by atoms with Crippen LogP contribution in [0.1, 0.15) is 45.7 Å². The minimum atomic E-state index is -0.516. The summed E-state index contributed by atoms with van der Waals surface area (Å²) in [5.74, 6) is -0.416. The van der Waals surface area contributed by atoms with Gasteiger partial charge in [0.1, 0.15) is 0 Å². The number of nitrogens with zero attached hydrogens (tertiary/aromatic N) is 4. The Balaban J connectivity index is 1.35. The molecule has 4 rings (SSSR count). The van der Waals surface area contributed by atoms with E-state index in [1.165, 1.54) is 5.56 Å². The van der Waals surface area contributed by atoms with Crippen LogP contribution in [-0.2, 0) is 13.1 Å². The Labute approximate surface area is 218 Å². The molecule has 9 heteroatoms. The van der Waals surface area contributed by atoms with Crippen LogP contribution in [-0.4, -0.2) is 93.6 Å². The van der Waals surface area contributed by atoms with Gasteiger partial charge in [0, 0.05) is 75.6 Å². The van der Waals surface area contributed by atoms with Crippen molar-refractivity contribution in [3.05, 3.63) is 70.8 Å². The highest BCUT2D eigenvalue weighted by Crippen LogP contribution is 2.22. The summed E-state index contributed by atoms with van der Waals surface area (Å²) in [6.07, 6.45) is 2.13. The van der Waals surface area contributed by atoms with Crippen LogP contribution in [0.2, 0.25) is 0 Å². The number of rotatable bonds is 7. The lowest BCUT2D eigenvalue weighted by atomic mass is 10.0. The van der Waals surface area contributed by atoms with E-state index >= 15 is 0 Å². The Kier molecular flexibility index (Phi) is 9.03. The molecule has 2 N–H and O–H groups in total. The van der Waals surface area contributed by atoms with Crippen molar-refractivity contribution < 1.29 is 14.8 Å². The minimum absolute atomic E-state index is 0.0870. The number of piperazine rings is 2. The smallest absolute Gasteiger partial charge is 0.274 e. The zero-order valence-corrected chi connectivity index (χ0v) is 22.2. The van der Waals surface area contributed by atoms with Crippen LogP contribution in [0, 0.1) is 0 Å². The molecule has 2 atom stereocenters. The highest BCUT2D eigenvalue weighted by Gasteiger charge is 2.33. The molecule has 2 fully saturated rings. The maximum atomic E-state index is 13.6. The van der Waals surface area contributed by atoms with Gasteiger partial charge in [-0.3, -0.25) is 24.6 Å². The van der Waals surface area contributed by atoms with Crippen LogP contribution >= 0.6 is 11.9 Å². The molecular weight excluding hydrogens is 474 g/mol. The van der Waals surface area contributed by atoms with Gasteiger partial charge in [-0.1, -0.05) is 36.2 Å². The molecule has 2 heterocycles. The van der Waals surface area contributed by atoms with E-state index in [1.54, 1.807) is 17.6 Å². The lowest BCUT2D eigenvalue weighted by Gasteiger charge is -2.44. The first-order valence-electron chi connectivity index (χ1n) is 12.6. The predicted molar refractivity (Wildman–Crippen MR) is 143 cm³/mol. The minimum Gasteiger partial charge on any atom is -0.331 e. The zero-order chi connectivity index (χ0) is 25.7. The van der Waals surface area contributed by atoms with Gasteiger partial charge in [0.15, 0.2) is 0 Å². The summed E-state index contributed by atoms with van der Waals surface area (Å²) < 4.78 is 2.39. The Morgan fingerprint density at radius 1 is 0.889 bits per heavy atom. The van der Waals surface area contributed by atoms with Crippen molar-refractivity contribution in [3.8, 4) is 0 Å². The quantitative estimate of drug-likeness (QED) is 0.336. The molecule has 0 aliphatic carbocycles. The van der Waals surface area contributed by atoms with E-state index < -0.39 is 5.91 Å². The van der Waals surface area contributed by atoms with Gasteiger partial charge in [0.25, 0.3) is 11.8 Å². The Morgan fingerprint density at radius 3 is 2.14 bits per heavy atom. The second-order valence-corrected chi connectivity index (χ2v) is 10.7. The summed E-state index contributed by atoms with van der Waals surface area (Å²) in [6, 6.07) is 15.5. The molecule has 0 bridgehead atoms. The summed E-state index contributed by atoms with van der Waals surface area (Å²) in [4.78, 5) is 32.0. The standard InChI is InChI=1S/C27H37N5O3S/c1-20-16-30(18-22-7-9-24(10-8-22)26(33)28-35)17-21(2)32(20)27(34)25-6-4-5-23(15-25)19-29-11-13-31(36-3)14-12-29/h4-10,15,20-21,35H,11-14,16-19H2,1-3H3,(H,28,33). The van der Waals surface area contributed by atoms with Crippen LogP contribution in [0.15, 0.2) is 48.5 Å². The number of hydrogen-bond acceptors (Lipinski definition) is 7. The van der Waals surface area contributed by atoms with Crippen molar-refractivity contribution in [2.24, 2.45) is 0 Å². The molecule has 2 amide bonds. The van der Waals surface area contributed by atoms with Gasteiger partial charge in [-0.25, -0.2) is 9.79 Å². The maximum Gasteiger partial charge on any atom is 0.274 e. The molecule has 2 aromatic carbocycles. The van der Waals surface area contributed by atoms with Crippen molar-refractivity contribution in [2.75, 3.05) is 45.5 Å². The number of amides is 2. The molecular formula is C27H37N5O3S. The van der Waals surface area contributed by atoms with Crippen molar-refractivity contribution >= 4 is 23.8 Å². The molecule has 0 radical (unpaired) electrons. The summed E-state index contributed by atoms with van der Waals surface area (Å²) in [5, 5.41) is 8.79. The van der Waals surface area contributed by atoms with Crippen LogP contribution in [0.25, 0.3) is 0 Å². The molecule has 2 saturated heterocycles. The summed E-state index contributed by atoms with van der Waals surface area (Å²) >= 11 is 1.81. The third-order valence-corrected chi connectivity index (χ3v) is 8.00. The number of carbonyl (C=O) groups is 2. The number of hydroxylamine groups is 1. The van der Waals surface area contributed by atoms with E-state index in [2.05, 4.69) is 46.3 Å². The van der Waals surface area contributed by atoms with Gasteiger partial charge >= 0.3 is 0 Å². The normalized spacial score (nSPS) is 21.9. The van der Waals surface area contributed by atoms with Crippen LogP contribution in [0.5, 0.6) is 0 Å². The molecule has 0 spiro atoms. The molecule has 0 aromatic heterocycles. The van der Waals surface area contributed by atoms with E-state index in [0.717, 1.165) is 63.5 Å². The predicted octanol–water partition coefficient (Wildman–Crippen LogP) is 2.94. The second-order valence-electron chi connectivity index (χ2n) is 9.83. The van der Waals surface area contributed by atoms with Crippen molar-refractivity contribution in [1.29, 1.82) is 0 Å². The van der Waals surface area contributed by atoms with Crippen molar-refractivity contribution in [3.63, 3.8) is 0 Å². The average molecular weight is 512 g/mol. The fourth-order valence-electron chi connectivity index (χ4n) is 5.33. The summed E-state index contributed by atoms with van der Waals surface area (Å²) in [7, 11) is 0. The molecule has 2 aromatic rings. The fourth-order valence-corrected chi connectivity index (χ4v) is 5.85. The number of hydrogen-bond donors (Lipinski definition) is 2. The largest absolute Gasteiger partial charge is 0.331 e. The van der Waals surface area contributed by atoms with Crippen LogP contribution in [0.3, 0.4) is 0 Å². The molecule has 2 aliphatic rings. The molecule has 194 valence electrons. The third-order valence-electron chi connectivity index (χ3n) is 7.12. The van der Waals surface area contributed by atoms with Gasteiger partial charge in [-0.2, -0.15) is 0 Å². The highest BCUT2D eigenvalue weighted by atomic mass is 32.2. The molecule has 2 aliphatic heterocycles. The first-order chi connectivity index (χ1) is 17.4. The van der Waals surface area contributed by atoms with Crippen molar-refractivity contribution in [1.82, 2.24) is 24.5 Å². The summed E-state index contributed by atoms with van der Waals surface area (Å²) in [6.45, 7) is 11.7. The fraction of sp³-hybridized carbons (Fsp3) is 0.481. The molecule has 8 nitrogen and oxygen atoms in total. The van der Waals surface area contributed by atoms with E-state index in [1.807, 2.05) is 41.1 Å². The van der Waals surface area contributed by atoms with Gasteiger partial charge in [-0.05, 0) is 55.5 Å². The maximum absolute atomic E-state index is 13.6. The topological polar surface area (TPSA) is 79.4 Å². The zero-order valence-electron chi connectivity index (χ0n) is 21.4. The molecule has 36 heavy (non-hydrogen) atoms. The van der Waals surface area contributed by atoms with E-state index in [4.69, 9.17) is 5.21 Å². The lowest BCUT2D eigenvalue weighted by molar-refractivity contribution is 0.0268. The van der Waals surface area contributed by atoms with Crippen LogP contribution < -0.4 is 5.48 Å². The van der Waals surface area contributed by atoms with E-state index in [-0.39, 0.29) is 18.0 Å². The van der Waals surface area contributed by atoms with Gasteiger partial charge in [0.05, 0.1) is 0 Å². The van der Waals surface area contributed by atoms with Gasteiger partial charge < -0.3 is 4.90 Å². The summed E-state index contributed by atoms with van der Waals surface area (Å²) in [5.41, 5.74) is 5.12. The monoisotopic (exact) mass is 511 g/mol. The Morgan fingerprint density at radius 2 is 1.53 bits per heavy atom. The highest BCUT2D eigenvalue weighted by molar-refractivity contribution is 7.96. The Bertz CT molecular complexity index is 1030. The average Bonchev–Trinajstić information content (AvgIpc) is 2.89. The number of carbonyl (C=O) groups excluding carboxylic acids is 2. The SMILES string of the molecule is CSN1CCN(Cc2cccc(C(=O)N3C(C)CN(Cc4ccc(C(=O)NO)cc4)CC3C)c2)CC1. The first kappa shape index (κ1) is 26.6. The number of nitrogens with one attached hydrogen (secondary N) is 1. The van der Waals surface area contributed by atoms with Gasteiger partial charge in [0.2, 0.25) is 0 Å². The van der Waals surface area contributed by atoms with E-state index in [0.29, 0.717) is 5.56 Å². The van der Waals surface area contributed by atoms with E-state index in [9.17, 15) is 9.59 Å². The van der Waals surface area contributed by atoms with Gasteiger partial charge in [-0.15, -0.1) is 0 Å². The molecule has 2 unspecified atom stereocenters. The Hall–Kier alpha value is -2.43. The lowest BCUT2D eigenvalue weighted by Crippen LogP contribution is -2.58.